The van der Waals surface area contributed by atoms with Crippen molar-refractivity contribution in [3.63, 3.8) is 0 Å². The van der Waals surface area contributed by atoms with Crippen LogP contribution in [-0.2, 0) is 26.0 Å². The average molecular weight is 312 g/mol. The predicted molar refractivity (Wildman–Crippen MR) is 75.6 cm³/mol. The van der Waals surface area contributed by atoms with Gasteiger partial charge in [-0.1, -0.05) is 6.92 Å². The summed E-state index contributed by atoms with van der Waals surface area (Å²) in [6.07, 6.45) is 0.284. The molecule has 0 spiro atoms. The Morgan fingerprint density at radius 2 is 2.14 bits per heavy atom. The monoisotopic (exact) mass is 312 g/mol. The molecule has 114 valence electrons. The number of hydrogen-bond donors (Lipinski definition) is 2. The van der Waals surface area contributed by atoms with Crippen LogP contribution in [0.5, 0.6) is 0 Å². The fourth-order valence-corrected chi connectivity index (χ4v) is 3.50. The predicted octanol–water partition coefficient (Wildman–Crippen LogP) is 0.347. The van der Waals surface area contributed by atoms with Gasteiger partial charge < -0.3 is 10.0 Å². The number of aliphatic carboxylic acids is 1. The van der Waals surface area contributed by atoms with Crippen molar-refractivity contribution in [2.75, 3.05) is 11.9 Å². The van der Waals surface area contributed by atoms with Crippen molar-refractivity contribution < 1.29 is 23.1 Å². The molecule has 0 bridgehead atoms. The molecule has 0 radical (unpaired) electrons. The summed E-state index contributed by atoms with van der Waals surface area (Å²) in [5, 5.41) is 8.93. The van der Waals surface area contributed by atoms with Crippen molar-refractivity contribution in [3.05, 3.63) is 23.8 Å². The van der Waals surface area contributed by atoms with Gasteiger partial charge >= 0.3 is 5.97 Å². The highest BCUT2D eigenvalue weighted by molar-refractivity contribution is 7.89. The van der Waals surface area contributed by atoms with E-state index in [0.717, 1.165) is 0 Å². The van der Waals surface area contributed by atoms with Crippen LogP contribution in [-0.4, -0.2) is 38.5 Å². The molecule has 0 aromatic heterocycles. The number of anilines is 1. The summed E-state index contributed by atoms with van der Waals surface area (Å²) in [5.41, 5.74) is 1.29. The molecule has 0 fully saturated rings. The Hall–Kier alpha value is -1.93. The third-order valence-electron chi connectivity index (χ3n) is 3.44. The molecule has 0 saturated heterocycles. The number of nitrogens with one attached hydrogen (secondary N) is 1. The number of rotatable bonds is 5. The smallest absolute Gasteiger partial charge is 0.321 e. The van der Waals surface area contributed by atoms with E-state index in [-0.39, 0.29) is 23.6 Å². The van der Waals surface area contributed by atoms with E-state index in [1.807, 2.05) is 0 Å². The van der Waals surface area contributed by atoms with E-state index in [1.54, 1.807) is 20.0 Å². The van der Waals surface area contributed by atoms with Crippen molar-refractivity contribution in [2.24, 2.45) is 0 Å². The van der Waals surface area contributed by atoms with Gasteiger partial charge in [0.25, 0.3) is 0 Å². The fraction of sp³-hybridized carbons (Fsp3) is 0.385. The molecule has 7 nitrogen and oxygen atoms in total. The molecule has 0 unspecified atom stereocenters. The number of benzene rings is 1. The lowest BCUT2D eigenvalue weighted by Gasteiger charge is -2.14. The Kier molecular flexibility index (Phi) is 4.02. The van der Waals surface area contributed by atoms with Crippen LogP contribution in [0.15, 0.2) is 23.1 Å². The van der Waals surface area contributed by atoms with Crippen molar-refractivity contribution in [2.45, 2.75) is 30.7 Å². The molecule has 21 heavy (non-hydrogen) atoms. The van der Waals surface area contributed by atoms with Crippen LogP contribution in [0.4, 0.5) is 5.69 Å². The quantitative estimate of drug-likeness (QED) is 0.816. The first-order valence-corrected chi connectivity index (χ1v) is 7.89. The zero-order chi connectivity index (χ0) is 15.8. The van der Waals surface area contributed by atoms with Crippen molar-refractivity contribution in [1.29, 1.82) is 0 Å². The Labute approximate surface area is 122 Å². The minimum absolute atomic E-state index is 0.0379. The standard InChI is InChI=1S/C13H16N2O5S/c1-3-10(13(17)18)14-21(19,20)9-4-5-11-8(6-9)7-12(16)15(11)2/h4-6,10,14H,3,7H2,1-2H3,(H,17,18)/t10-/m1/s1. The normalized spacial score (nSPS) is 15.9. The summed E-state index contributed by atoms with van der Waals surface area (Å²) in [6.45, 7) is 1.58. The van der Waals surface area contributed by atoms with Gasteiger partial charge in [-0.05, 0) is 30.2 Å². The van der Waals surface area contributed by atoms with Crippen LogP contribution >= 0.6 is 0 Å². The van der Waals surface area contributed by atoms with Crippen molar-refractivity contribution in [3.8, 4) is 0 Å². The van der Waals surface area contributed by atoms with E-state index in [1.165, 1.54) is 17.0 Å². The summed E-state index contributed by atoms with van der Waals surface area (Å²) >= 11 is 0. The summed E-state index contributed by atoms with van der Waals surface area (Å²) < 4.78 is 26.5. The number of hydrogen-bond acceptors (Lipinski definition) is 4. The van der Waals surface area contributed by atoms with E-state index < -0.39 is 22.0 Å². The van der Waals surface area contributed by atoms with Crippen LogP contribution in [0.3, 0.4) is 0 Å². The van der Waals surface area contributed by atoms with Gasteiger partial charge in [-0.2, -0.15) is 4.72 Å². The highest BCUT2D eigenvalue weighted by atomic mass is 32.2. The molecule has 1 aliphatic rings. The van der Waals surface area contributed by atoms with Gasteiger partial charge in [0.05, 0.1) is 11.3 Å². The number of nitrogens with zero attached hydrogens (tertiary/aromatic N) is 1. The second-order valence-corrected chi connectivity index (χ2v) is 6.55. The molecule has 0 saturated carbocycles. The van der Waals surface area contributed by atoms with Gasteiger partial charge in [0.2, 0.25) is 15.9 Å². The van der Waals surface area contributed by atoms with E-state index >= 15 is 0 Å². The van der Waals surface area contributed by atoms with E-state index in [0.29, 0.717) is 11.3 Å². The third kappa shape index (κ3) is 2.91. The number of amides is 1. The largest absolute Gasteiger partial charge is 0.480 e. The maximum absolute atomic E-state index is 12.2. The number of carbonyl (C=O) groups is 2. The van der Waals surface area contributed by atoms with Gasteiger partial charge in [0.1, 0.15) is 6.04 Å². The average Bonchev–Trinajstić information content (AvgIpc) is 2.70. The summed E-state index contributed by atoms with van der Waals surface area (Å²) in [7, 11) is -2.31. The second-order valence-electron chi connectivity index (χ2n) is 4.84. The number of carboxylic acids is 1. The Morgan fingerprint density at radius 3 is 2.71 bits per heavy atom. The van der Waals surface area contributed by atoms with Gasteiger partial charge in [-0.3, -0.25) is 9.59 Å². The lowest BCUT2D eigenvalue weighted by atomic mass is 10.2. The van der Waals surface area contributed by atoms with Crippen LogP contribution in [0.2, 0.25) is 0 Å². The first-order valence-electron chi connectivity index (χ1n) is 6.41. The van der Waals surface area contributed by atoms with Gasteiger partial charge in [0.15, 0.2) is 0 Å². The minimum atomic E-state index is -3.93. The van der Waals surface area contributed by atoms with Crippen LogP contribution in [0, 0.1) is 0 Å². The summed E-state index contributed by atoms with van der Waals surface area (Å²) in [6, 6.07) is 3.15. The Bertz CT molecular complexity index is 699. The maximum atomic E-state index is 12.2. The second kappa shape index (κ2) is 5.45. The zero-order valence-electron chi connectivity index (χ0n) is 11.7. The lowest BCUT2D eigenvalue weighted by Crippen LogP contribution is -2.40. The number of sulfonamides is 1. The molecule has 8 heteroatoms. The molecule has 1 aromatic carbocycles. The van der Waals surface area contributed by atoms with Crippen LogP contribution in [0.1, 0.15) is 18.9 Å². The van der Waals surface area contributed by atoms with E-state index in [4.69, 9.17) is 5.11 Å². The summed E-state index contributed by atoms with van der Waals surface area (Å²) in [4.78, 5) is 23.9. The van der Waals surface area contributed by atoms with Crippen LogP contribution < -0.4 is 9.62 Å². The highest BCUT2D eigenvalue weighted by Gasteiger charge is 2.28. The molecule has 1 amide bonds. The Morgan fingerprint density at radius 1 is 1.48 bits per heavy atom. The van der Waals surface area contributed by atoms with Gasteiger partial charge in [-0.25, -0.2) is 8.42 Å². The zero-order valence-corrected chi connectivity index (χ0v) is 12.5. The van der Waals surface area contributed by atoms with E-state index in [9.17, 15) is 18.0 Å². The molecular weight excluding hydrogens is 296 g/mol. The Balaban J connectivity index is 2.33. The van der Waals surface area contributed by atoms with Gasteiger partial charge in [0, 0.05) is 12.7 Å². The topological polar surface area (TPSA) is 104 Å². The SMILES string of the molecule is CC[C@@H](NS(=O)(=O)c1ccc2c(c1)CC(=O)N2C)C(=O)O. The fourth-order valence-electron chi connectivity index (χ4n) is 2.18. The maximum Gasteiger partial charge on any atom is 0.321 e. The van der Waals surface area contributed by atoms with Gasteiger partial charge in [-0.15, -0.1) is 0 Å². The highest BCUT2D eigenvalue weighted by Crippen LogP contribution is 2.29. The number of carbonyl (C=O) groups excluding carboxylic acids is 1. The van der Waals surface area contributed by atoms with Crippen molar-refractivity contribution in [1.82, 2.24) is 4.72 Å². The molecule has 1 aromatic rings. The van der Waals surface area contributed by atoms with E-state index in [2.05, 4.69) is 4.72 Å². The number of carboxylic acid groups (broad SMARTS) is 1. The third-order valence-corrected chi connectivity index (χ3v) is 4.91. The lowest BCUT2D eigenvalue weighted by molar-refractivity contribution is -0.139. The summed E-state index contributed by atoms with van der Waals surface area (Å²) in [5.74, 6) is -1.33. The van der Waals surface area contributed by atoms with Crippen LogP contribution in [0.25, 0.3) is 0 Å². The molecule has 1 atom stereocenters. The van der Waals surface area contributed by atoms with Crippen molar-refractivity contribution >= 4 is 27.6 Å². The minimum Gasteiger partial charge on any atom is -0.480 e. The molecule has 1 heterocycles. The molecule has 2 N–H and O–H groups in total. The molecule has 0 aliphatic carbocycles. The number of fused-ring (bicyclic) bond motifs is 1. The molecular formula is C13H16N2O5S. The number of likely N-dealkylation sites (N-methyl/N-ethyl adjacent to an activating group) is 1. The first-order chi connectivity index (χ1) is 9.76. The first kappa shape index (κ1) is 15.5. The molecule has 1 aliphatic heterocycles. The molecule has 2 rings (SSSR count).